The average Bonchev–Trinajstić information content (AvgIpc) is 2.34. The summed E-state index contributed by atoms with van der Waals surface area (Å²) in [6, 6.07) is 9.24. The number of rotatable bonds is 6. The van der Waals surface area contributed by atoms with E-state index >= 15 is 0 Å². The second-order valence-corrected chi connectivity index (χ2v) is 4.83. The normalized spacial score (nSPS) is 11.0. The van der Waals surface area contributed by atoms with Gasteiger partial charge in [0.1, 0.15) is 0 Å². The molecule has 1 N–H and O–H groups in total. The second kappa shape index (κ2) is 6.28. The molecule has 0 saturated heterocycles. The Morgan fingerprint density at radius 2 is 1.94 bits per heavy atom. The number of nitrogens with one attached hydrogen (secondary N) is 1. The Morgan fingerprint density at radius 3 is 2.53 bits per heavy atom. The molecule has 0 aliphatic rings. The number of unbranched alkanes of at least 4 members (excludes halogenated alkanes) is 1. The van der Waals surface area contributed by atoms with E-state index in [-0.39, 0.29) is 11.3 Å². The summed E-state index contributed by atoms with van der Waals surface area (Å²) in [5.41, 5.74) is 2.13. The Labute approximate surface area is 103 Å². The van der Waals surface area contributed by atoms with Crippen molar-refractivity contribution in [2.24, 2.45) is 5.41 Å². The zero-order valence-electron chi connectivity index (χ0n) is 10.8. The van der Waals surface area contributed by atoms with Crippen LogP contribution in [0.2, 0.25) is 0 Å². The number of carbonyl (C=O) groups excluding carboxylic acids is 1. The molecule has 0 bridgehead atoms. The largest absolute Gasteiger partial charge is 0.380 e. The van der Waals surface area contributed by atoms with Crippen LogP contribution in [0.25, 0.3) is 0 Å². The lowest BCUT2D eigenvalue weighted by Gasteiger charge is -2.22. The van der Waals surface area contributed by atoms with Crippen molar-refractivity contribution in [1.82, 2.24) is 5.48 Å². The van der Waals surface area contributed by atoms with Gasteiger partial charge in [0.25, 0.3) is 5.91 Å². The molecule has 0 aromatic heterocycles. The molecule has 0 saturated carbocycles. The molecule has 17 heavy (non-hydrogen) atoms. The minimum absolute atomic E-state index is 0.0743. The molecule has 0 aliphatic heterocycles. The highest BCUT2D eigenvalue weighted by molar-refractivity contribution is 5.80. The van der Waals surface area contributed by atoms with Crippen LogP contribution in [0.3, 0.4) is 0 Å². The molecular weight excluding hydrogens is 214 g/mol. The topological polar surface area (TPSA) is 38.3 Å². The molecule has 1 rings (SSSR count). The van der Waals surface area contributed by atoms with E-state index in [1.54, 1.807) is 12.1 Å². The number of amides is 1. The molecule has 1 amide bonds. The highest BCUT2D eigenvalue weighted by atomic mass is 16.7. The molecule has 0 atom stereocenters. The van der Waals surface area contributed by atoms with Crippen molar-refractivity contribution in [3.63, 3.8) is 0 Å². The van der Waals surface area contributed by atoms with E-state index in [9.17, 15) is 4.79 Å². The van der Waals surface area contributed by atoms with Gasteiger partial charge in [0, 0.05) is 5.41 Å². The summed E-state index contributed by atoms with van der Waals surface area (Å²) in [6.45, 7) is 5.99. The fraction of sp³-hybridized carbons (Fsp3) is 0.500. The third-order valence-corrected chi connectivity index (χ3v) is 2.77. The van der Waals surface area contributed by atoms with Crippen LogP contribution in [0.15, 0.2) is 30.3 Å². The van der Waals surface area contributed by atoms with E-state index in [2.05, 4.69) is 12.4 Å². The molecule has 0 fully saturated rings. The third-order valence-electron chi connectivity index (χ3n) is 2.77. The van der Waals surface area contributed by atoms with Gasteiger partial charge in [-0.3, -0.25) is 4.79 Å². The number of para-hydroxylation sites is 1. The molecule has 0 unspecified atom stereocenters. The number of hydrogen-bond acceptors (Lipinski definition) is 2. The molecule has 0 aliphatic carbocycles. The summed E-state index contributed by atoms with van der Waals surface area (Å²) in [6.07, 6.45) is 3.01. The first kappa shape index (κ1) is 13.6. The van der Waals surface area contributed by atoms with E-state index in [1.807, 2.05) is 32.0 Å². The van der Waals surface area contributed by atoms with Crippen molar-refractivity contribution in [2.75, 3.05) is 0 Å². The smallest absolute Gasteiger partial charge is 0.258 e. The van der Waals surface area contributed by atoms with Crippen LogP contribution >= 0.6 is 0 Å². The van der Waals surface area contributed by atoms with Gasteiger partial charge in [-0.15, -0.1) is 0 Å². The van der Waals surface area contributed by atoms with Crippen molar-refractivity contribution in [1.29, 1.82) is 0 Å². The molecule has 0 spiro atoms. The van der Waals surface area contributed by atoms with Crippen LogP contribution in [0.1, 0.15) is 40.0 Å². The quantitative estimate of drug-likeness (QED) is 0.768. The van der Waals surface area contributed by atoms with Gasteiger partial charge in [-0.2, -0.15) is 5.48 Å². The lowest BCUT2D eigenvalue weighted by molar-refractivity contribution is -0.136. The van der Waals surface area contributed by atoms with E-state index < -0.39 is 0 Å². The van der Waals surface area contributed by atoms with E-state index in [1.165, 1.54) is 0 Å². The van der Waals surface area contributed by atoms with Gasteiger partial charge in [0.2, 0.25) is 0 Å². The molecule has 0 heterocycles. The molecule has 3 heteroatoms. The minimum Gasteiger partial charge on any atom is -0.380 e. The molecule has 1 aromatic rings. The molecule has 94 valence electrons. The van der Waals surface area contributed by atoms with Crippen molar-refractivity contribution < 1.29 is 9.63 Å². The van der Waals surface area contributed by atoms with Crippen LogP contribution in [-0.2, 0) is 4.79 Å². The zero-order chi connectivity index (χ0) is 12.7. The number of benzene rings is 1. The lowest BCUT2D eigenvalue weighted by Crippen LogP contribution is -2.38. The number of carbonyl (C=O) groups is 1. The van der Waals surface area contributed by atoms with Crippen molar-refractivity contribution in [3.8, 4) is 5.75 Å². The van der Waals surface area contributed by atoms with Crippen molar-refractivity contribution >= 4 is 5.91 Å². The Hall–Kier alpha value is -1.51. The van der Waals surface area contributed by atoms with Crippen molar-refractivity contribution in [2.45, 2.75) is 40.0 Å². The maximum Gasteiger partial charge on any atom is 0.258 e. The van der Waals surface area contributed by atoms with E-state index in [0.717, 1.165) is 19.3 Å². The lowest BCUT2D eigenvalue weighted by atomic mass is 9.86. The Balaban J connectivity index is 2.44. The summed E-state index contributed by atoms with van der Waals surface area (Å²) < 4.78 is 0. The van der Waals surface area contributed by atoms with Crippen LogP contribution < -0.4 is 10.3 Å². The van der Waals surface area contributed by atoms with E-state index in [0.29, 0.717) is 5.75 Å². The highest BCUT2D eigenvalue weighted by Crippen LogP contribution is 2.23. The van der Waals surface area contributed by atoms with Gasteiger partial charge < -0.3 is 4.84 Å². The van der Waals surface area contributed by atoms with Crippen molar-refractivity contribution in [3.05, 3.63) is 30.3 Å². The summed E-state index contributed by atoms with van der Waals surface area (Å²) in [4.78, 5) is 17.1. The maximum atomic E-state index is 11.9. The first-order valence-corrected chi connectivity index (χ1v) is 6.08. The highest BCUT2D eigenvalue weighted by Gasteiger charge is 2.27. The SMILES string of the molecule is CCCCC(C)(C)C(=O)NOc1ccccc1. The van der Waals surface area contributed by atoms with Crippen LogP contribution in [-0.4, -0.2) is 5.91 Å². The molecule has 0 radical (unpaired) electrons. The first-order chi connectivity index (χ1) is 8.06. The average molecular weight is 235 g/mol. The predicted molar refractivity (Wildman–Crippen MR) is 68.5 cm³/mol. The van der Waals surface area contributed by atoms with E-state index in [4.69, 9.17) is 4.84 Å². The summed E-state index contributed by atoms with van der Waals surface area (Å²) in [5.74, 6) is 0.571. The maximum absolute atomic E-state index is 11.9. The summed E-state index contributed by atoms with van der Waals surface area (Å²) >= 11 is 0. The van der Waals surface area contributed by atoms with Crippen LogP contribution in [0, 0.1) is 5.41 Å². The molecule has 1 aromatic carbocycles. The Kier molecular flexibility index (Phi) is 5.01. The third kappa shape index (κ3) is 4.47. The van der Waals surface area contributed by atoms with Crippen LogP contribution in [0.4, 0.5) is 0 Å². The van der Waals surface area contributed by atoms with Gasteiger partial charge in [0.05, 0.1) is 0 Å². The number of hydrogen-bond donors (Lipinski definition) is 1. The van der Waals surface area contributed by atoms with Crippen LogP contribution in [0.5, 0.6) is 5.75 Å². The van der Waals surface area contributed by atoms with Gasteiger partial charge in [0.15, 0.2) is 5.75 Å². The zero-order valence-corrected chi connectivity index (χ0v) is 10.8. The first-order valence-electron chi connectivity index (χ1n) is 6.08. The van der Waals surface area contributed by atoms with Gasteiger partial charge >= 0.3 is 0 Å². The van der Waals surface area contributed by atoms with Gasteiger partial charge in [-0.05, 0) is 18.6 Å². The van der Waals surface area contributed by atoms with Gasteiger partial charge in [-0.25, -0.2) is 0 Å². The molecule has 3 nitrogen and oxygen atoms in total. The fourth-order valence-corrected chi connectivity index (χ4v) is 1.46. The summed E-state index contributed by atoms with van der Waals surface area (Å²) in [7, 11) is 0. The number of hydroxylamine groups is 1. The monoisotopic (exact) mass is 235 g/mol. The summed E-state index contributed by atoms with van der Waals surface area (Å²) in [5, 5.41) is 0. The minimum atomic E-state index is -0.384. The van der Waals surface area contributed by atoms with Gasteiger partial charge in [-0.1, -0.05) is 51.8 Å². The predicted octanol–water partition coefficient (Wildman–Crippen LogP) is 3.31. The second-order valence-electron chi connectivity index (χ2n) is 4.83. The standard InChI is InChI=1S/C14H21NO2/c1-4-5-11-14(2,3)13(16)15-17-12-9-7-6-8-10-12/h6-10H,4-5,11H2,1-3H3,(H,15,16). The molecular formula is C14H21NO2. The Morgan fingerprint density at radius 1 is 1.29 bits per heavy atom. The fourth-order valence-electron chi connectivity index (χ4n) is 1.46. The Bertz CT molecular complexity index is 346.